The highest BCUT2D eigenvalue weighted by atomic mass is 16.4. The highest BCUT2D eigenvalue weighted by Gasteiger charge is 2.38. The van der Waals surface area contributed by atoms with E-state index in [4.69, 9.17) is 10.9 Å². The first-order valence-electron chi connectivity index (χ1n) is 6.66. The van der Waals surface area contributed by atoms with Gasteiger partial charge in [-0.2, -0.15) is 0 Å². The van der Waals surface area contributed by atoms with Crippen molar-refractivity contribution in [2.75, 3.05) is 4.90 Å². The minimum absolute atomic E-state index is 0.0234. The topological polar surface area (TPSA) is 125 Å². The van der Waals surface area contributed by atoms with Crippen molar-refractivity contribution in [1.29, 1.82) is 0 Å². The predicted octanol–water partition coefficient (Wildman–Crippen LogP) is 0.575. The molecule has 0 saturated carbocycles. The van der Waals surface area contributed by atoms with E-state index in [9.17, 15) is 14.4 Å². The Morgan fingerprint density at radius 2 is 2.00 bits per heavy atom. The lowest BCUT2D eigenvalue weighted by Crippen LogP contribution is -2.31. The number of urea groups is 1. The Bertz CT molecular complexity index is 639. The summed E-state index contributed by atoms with van der Waals surface area (Å²) >= 11 is 0. The van der Waals surface area contributed by atoms with Gasteiger partial charge in [-0.3, -0.25) is 9.59 Å². The van der Waals surface area contributed by atoms with Crippen molar-refractivity contribution in [2.45, 2.75) is 25.8 Å². The van der Waals surface area contributed by atoms with Crippen LogP contribution in [0, 0.1) is 0 Å². The van der Waals surface area contributed by atoms with Crippen molar-refractivity contribution in [1.82, 2.24) is 5.32 Å². The van der Waals surface area contributed by atoms with E-state index in [1.165, 1.54) is 0 Å². The molecule has 0 radical (unpaired) electrons. The van der Waals surface area contributed by atoms with Crippen molar-refractivity contribution in [2.24, 2.45) is 10.9 Å². The summed E-state index contributed by atoms with van der Waals surface area (Å²) in [6.07, 6.45) is 0.195. The van der Waals surface area contributed by atoms with Gasteiger partial charge in [-0.05, 0) is 31.0 Å². The first-order chi connectivity index (χ1) is 10.4. The molecule has 8 nitrogen and oxygen atoms in total. The third-order valence-electron chi connectivity index (χ3n) is 3.39. The number of primary amides is 1. The van der Waals surface area contributed by atoms with Gasteiger partial charge in [0.2, 0.25) is 5.91 Å². The van der Waals surface area contributed by atoms with E-state index in [2.05, 4.69) is 10.5 Å². The molecule has 1 heterocycles. The zero-order chi connectivity index (χ0) is 16.3. The molecule has 0 aliphatic carbocycles. The number of nitrogens with zero attached hydrogens (tertiary/aromatic N) is 2. The molecule has 0 bridgehead atoms. The number of hydrogen-bond acceptors (Lipinski definition) is 5. The maximum absolute atomic E-state index is 12.2. The Balaban J connectivity index is 2.16. The third kappa shape index (κ3) is 3.05. The summed E-state index contributed by atoms with van der Waals surface area (Å²) in [7, 11) is 0. The van der Waals surface area contributed by atoms with Crippen LogP contribution in [0.15, 0.2) is 29.4 Å². The van der Waals surface area contributed by atoms with Crippen LogP contribution < -0.4 is 16.0 Å². The Morgan fingerprint density at radius 1 is 1.36 bits per heavy atom. The van der Waals surface area contributed by atoms with Gasteiger partial charge in [0.25, 0.3) is 5.91 Å². The summed E-state index contributed by atoms with van der Waals surface area (Å²) in [5, 5.41) is 14.3. The van der Waals surface area contributed by atoms with Crippen molar-refractivity contribution in [3.05, 3.63) is 29.8 Å². The van der Waals surface area contributed by atoms with Crippen LogP contribution in [0.5, 0.6) is 0 Å². The molecule has 1 fully saturated rings. The van der Waals surface area contributed by atoms with Crippen LogP contribution in [0.3, 0.4) is 0 Å². The van der Waals surface area contributed by atoms with Gasteiger partial charge in [0.05, 0.1) is 11.4 Å². The first-order valence-corrected chi connectivity index (χ1v) is 6.66. The molecule has 1 aliphatic heterocycles. The number of rotatable bonds is 5. The third-order valence-corrected chi connectivity index (χ3v) is 3.39. The first kappa shape index (κ1) is 15.5. The molecule has 1 saturated heterocycles. The lowest BCUT2D eigenvalue weighted by molar-refractivity contribution is -0.119. The van der Waals surface area contributed by atoms with Gasteiger partial charge in [-0.25, -0.2) is 9.69 Å². The molecule has 1 aromatic carbocycles. The summed E-state index contributed by atoms with van der Waals surface area (Å²) in [5.41, 5.74) is 6.54. The number of nitrogens with one attached hydrogen (secondary N) is 1. The number of nitrogens with two attached hydrogens (primary N) is 1. The maximum Gasteiger partial charge on any atom is 0.329 e. The highest BCUT2D eigenvalue weighted by molar-refractivity contribution is 6.21. The lowest BCUT2D eigenvalue weighted by atomic mass is 10.1. The zero-order valence-electron chi connectivity index (χ0n) is 11.9. The Hall–Kier alpha value is -2.90. The smallest absolute Gasteiger partial charge is 0.329 e. The van der Waals surface area contributed by atoms with Gasteiger partial charge in [0.1, 0.15) is 6.04 Å². The van der Waals surface area contributed by atoms with Gasteiger partial charge >= 0.3 is 6.03 Å². The summed E-state index contributed by atoms with van der Waals surface area (Å²) in [4.78, 5) is 36.0. The Labute approximate surface area is 126 Å². The molecule has 0 spiro atoms. The van der Waals surface area contributed by atoms with Crippen LogP contribution in [0.2, 0.25) is 0 Å². The summed E-state index contributed by atoms with van der Waals surface area (Å²) in [6.45, 7) is 1.63. The van der Waals surface area contributed by atoms with Gasteiger partial charge in [0, 0.05) is 6.42 Å². The summed E-state index contributed by atoms with van der Waals surface area (Å²) in [6, 6.07) is 5.15. The van der Waals surface area contributed by atoms with Crippen LogP contribution in [-0.2, 0) is 9.59 Å². The molecule has 22 heavy (non-hydrogen) atoms. The van der Waals surface area contributed by atoms with E-state index in [1.807, 2.05) is 0 Å². The normalized spacial score (nSPS) is 18.5. The van der Waals surface area contributed by atoms with E-state index in [0.29, 0.717) is 17.0 Å². The van der Waals surface area contributed by atoms with Gasteiger partial charge < -0.3 is 16.3 Å². The second-order valence-corrected chi connectivity index (χ2v) is 4.91. The zero-order valence-corrected chi connectivity index (χ0v) is 11.9. The van der Waals surface area contributed by atoms with Gasteiger partial charge in [-0.1, -0.05) is 17.3 Å². The number of hydrogen-bond donors (Lipinski definition) is 3. The van der Waals surface area contributed by atoms with Crippen LogP contribution in [-0.4, -0.2) is 34.8 Å². The van der Waals surface area contributed by atoms with E-state index in [1.54, 1.807) is 31.2 Å². The van der Waals surface area contributed by atoms with Gasteiger partial charge in [0.15, 0.2) is 0 Å². The number of benzene rings is 1. The highest BCUT2D eigenvalue weighted by Crippen LogP contribution is 2.22. The molecule has 2 rings (SSSR count). The van der Waals surface area contributed by atoms with Crippen molar-refractivity contribution >= 4 is 29.2 Å². The van der Waals surface area contributed by atoms with Crippen molar-refractivity contribution in [3.63, 3.8) is 0 Å². The quantitative estimate of drug-likeness (QED) is 0.318. The number of carbonyl (C=O) groups is 3. The minimum atomic E-state index is -0.750. The van der Waals surface area contributed by atoms with E-state index in [0.717, 1.165) is 4.90 Å². The summed E-state index contributed by atoms with van der Waals surface area (Å²) < 4.78 is 0. The fourth-order valence-electron chi connectivity index (χ4n) is 2.17. The number of oxime groups is 1. The molecule has 8 heteroatoms. The molecular weight excluding hydrogens is 288 g/mol. The number of anilines is 1. The van der Waals surface area contributed by atoms with Crippen molar-refractivity contribution < 1.29 is 19.6 Å². The van der Waals surface area contributed by atoms with E-state index >= 15 is 0 Å². The molecule has 1 atom stereocenters. The lowest BCUT2D eigenvalue weighted by Gasteiger charge is -2.13. The SMILES string of the molecule is CC(=NO)c1ccc(N2C(=O)NC(CCC(N)=O)C2=O)cc1. The monoisotopic (exact) mass is 304 g/mol. The molecule has 4 N–H and O–H groups in total. The number of imide groups is 1. The molecule has 4 amide bonds. The Kier molecular flexibility index (Phi) is 4.40. The van der Waals surface area contributed by atoms with Crippen LogP contribution in [0.25, 0.3) is 0 Å². The molecule has 0 aromatic heterocycles. The van der Waals surface area contributed by atoms with Gasteiger partial charge in [-0.15, -0.1) is 0 Å². The van der Waals surface area contributed by atoms with Crippen LogP contribution in [0.1, 0.15) is 25.3 Å². The number of carbonyl (C=O) groups excluding carboxylic acids is 3. The second kappa shape index (κ2) is 6.25. The van der Waals surface area contributed by atoms with Crippen LogP contribution in [0.4, 0.5) is 10.5 Å². The average molecular weight is 304 g/mol. The minimum Gasteiger partial charge on any atom is -0.411 e. The van der Waals surface area contributed by atoms with Crippen LogP contribution >= 0.6 is 0 Å². The largest absolute Gasteiger partial charge is 0.411 e. The molecule has 1 unspecified atom stereocenters. The second-order valence-electron chi connectivity index (χ2n) is 4.91. The van der Waals surface area contributed by atoms with Crippen molar-refractivity contribution in [3.8, 4) is 0 Å². The maximum atomic E-state index is 12.2. The van der Waals surface area contributed by atoms with E-state index in [-0.39, 0.29) is 12.8 Å². The molecule has 1 aromatic rings. The molecule has 116 valence electrons. The molecular formula is C14H16N4O4. The number of amides is 4. The van der Waals surface area contributed by atoms with E-state index < -0.39 is 23.9 Å². The fourth-order valence-corrected chi connectivity index (χ4v) is 2.17. The Morgan fingerprint density at radius 3 is 2.55 bits per heavy atom. The summed E-state index contributed by atoms with van der Waals surface area (Å²) in [5.74, 6) is -0.949. The predicted molar refractivity (Wildman–Crippen MR) is 78.7 cm³/mol. The average Bonchev–Trinajstić information content (AvgIpc) is 2.79. The molecule has 1 aliphatic rings. The standard InChI is InChI=1S/C14H16N4O4/c1-8(17-22)9-2-4-10(5-3-9)18-13(20)11(16-14(18)21)6-7-12(15)19/h2-5,11,22H,6-7H2,1H3,(H2,15,19)(H,16,21). The fraction of sp³-hybridized carbons (Fsp3) is 0.286.